The summed E-state index contributed by atoms with van der Waals surface area (Å²) in [6, 6.07) is 8.31. The fraction of sp³-hybridized carbons (Fsp3) is 0.533. The van der Waals surface area contributed by atoms with Gasteiger partial charge < -0.3 is 10.6 Å². The predicted octanol–water partition coefficient (Wildman–Crippen LogP) is 2.19. The third-order valence-corrected chi connectivity index (χ3v) is 4.81. The van der Waals surface area contributed by atoms with Crippen molar-refractivity contribution in [1.82, 2.24) is 0 Å². The quantitative estimate of drug-likeness (QED) is 0.867. The Morgan fingerprint density at radius 3 is 2.67 bits per heavy atom. The number of amides is 1. The standard InChI is InChI=1S/C15H20N2O/c1-11(14(16)18)17-10-9-15(7-4-8-15)12-5-2-3-6-13(12)17/h2-3,5-6,11H,4,7-10H2,1H3,(H2,16,18)/t11-/m0/s1. The molecule has 1 atom stereocenters. The number of hydrogen-bond donors (Lipinski definition) is 1. The number of nitrogens with zero attached hydrogens (tertiary/aromatic N) is 1. The van der Waals surface area contributed by atoms with Crippen molar-refractivity contribution in [3.05, 3.63) is 29.8 Å². The van der Waals surface area contributed by atoms with Crippen LogP contribution in [0.25, 0.3) is 0 Å². The maximum Gasteiger partial charge on any atom is 0.239 e. The Morgan fingerprint density at radius 2 is 2.06 bits per heavy atom. The van der Waals surface area contributed by atoms with Crippen LogP contribution >= 0.6 is 0 Å². The first-order valence-corrected chi connectivity index (χ1v) is 6.79. The molecule has 0 radical (unpaired) electrons. The average Bonchev–Trinajstić information content (AvgIpc) is 2.34. The number of fused-ring (bicyclic) bond motifs is 2. The van der Waals surface area contributed by atoms with Crippen molar-refractivity contribution >= 4 is 11.6 Å². The molecule has 3 heteroatoms. The molecule has 18 heavy (non-hydrogen) atoms. The second kappa shape index (κ2) is 4.01. The Bertz CT molecular complexity index is 479. The van der Waals surface area contributed by atoms with Crippen molar-refractivity contribution < 1.29 is 4.79 Å². The lowest BCUT2D eigenvalue weighted by Crippen LogP contribution is -2.50. The van der Waals surface area contributed by atoms with E-state index >= 15 is 0 Å². The molecule has 1 aromatic rings. The van der Waals surface area contributed by atoms with Gasteiger partial charge in [-0.1, -0.05) is 24.6 Å². The first-order valence-electron chi connectivity index (χ1n) is 6.79. The molecule has 96 valence electrons. The molecular formula is C15H20N2O. The molecule has 1 aromatic carbocycles. The molecular weight excluding hydrogens is 224 g/mol. The van der Waals surface area contributed by atoms with E-state index in [-0.39, 0.29) is 11.9 Å². The highest BCUT2D eigenvalue weighted by atomic mass is 16.1. The Hall–Kier alpha value is -1.51. The number of para-hydroxylation sites is 1. The second-order valence-corrected chi connectivity index (χ2v) is 5.67. The summed E-state index contributed by atoms with van der Waals surface area (Å²) in [5, 5.41) is 0. The van der Waals surface area contributed by atoms with E-state index in [0.29, 0.717) is 5.41 Å². The maximum absolute atomic E-state index is 11.4. The molecule has 1 amide bonds. The van der Waals surface area contributed by atoms with Gasteiger partial charge >= 0.3 is 0 Å². The van der Waals surface area contributed by atoms with Gasteiger partial charge in [0.2, 0.25) is 5.91 Å². The Kier molecular flexibility index (Phi) is 2.58. The number of primary amides is 1. The van der Waals surface area contributed by atoms with Crippen LogP contribution in [-0.2, 0) is 10.2 Å². The number of hydrogen-bond acceptors (Lipinski definition) is 2. The lowest BCUT2D eigenvalue weighted by atomic mass is 9.60. The molecule has 3 nitrogen and oxygen atoms in total. The van der Waals surface area contributed by atoms with Crippen molar-refractivity contribution in [1.29, 1.82) is 0 Å². The first-order chi connectivity index (χ1) is 8.64. The third kappa shape index (κ3) is 1.53. The number of nitrogens with two attached hydrogens (primary N) is 1. The lowest BCUT2D eigenvalue weighted by molar-refractivity contribution is -0.119. The minimum absolute atomic E-state index is 0.219. The van der Waals surface area contributed by atoms with Crippen molar-refractivity contribution in [2.75, 3.05) is 11.4 Å². The summed E-state index contributed by atoms with van der Waals surface area (Å²) >= 11 is 0. The minimum Gasteiger partial charge on any atom is -0.368 e. The molecule has 2 aliphatic rings. The van der Waals surface area contributed by atoms with Crippen LogP contribution in [0.3, 0.4) is 0 Å². The van der Waals surface area contributed by atoms with Crippen molar-refractivity contribution in [2.45, 2.75) is 44.1 Å². The Morgan fingerprint density at radius 1 is 1.33 bits per heavy atom. The SMILES string of the molecule is C[C@@H](C(N)=O)N1CCC2(CCC2)c2ccccc21. The lowest BCUT2D eigenvalue weighted by Gasteiger charge is -2.50. The van der Waals surface area contributed by atoms with Crippen LogP contribution in [0.15, 0.2) is 24.3 Å². The van der Waals surface area contributed by atoms with Crippen LogP contribution < -0.4 is 10.6 Å². The van der Waals surface area contributed by atoms with Crippen LogP contribution in [0, 0.1) is 0 Å². The second-order valence-electron chi connectivity index (χ2n) is 5.67. The summed E-state index contributed by atoms with van der Waals surface area (Å²) in [5.41, 5.74) is 8.49. The summed E-state index contributed by atoms with van der Waals surface area (Å²) in [5.74, 6) is -0.241. The highest BCUT2D eigenvalue weighted by Gasteiger charge is 2.44. The van der Waals surface area contributed by atoms with E-state index in [1.165, 1.54) is 30.5 Å². The highest BCUT2D eigenvalue weighted by molar-refractivity contribution is 5.84. The molecule has 2 N–H and O–H groups in total. The molecule has 1 heterocycles. The van der Waals surface area contributed by atoms with Gasteiger partial charge in [0.05, 0.1) is 0 Å². The van der Waals surface area contributed by atoms with Gasteiger partial charge in [0, 0.05) is 12.2 Å². The average molecular weight is 244 g/mol. The molecule has 0 unspecified atom stereocenters. The predicted molar refractivity (Wildman–Crippen MR) is 72.6 cm³/mol. The normalized spacial score (nSPS) is 22.2. The van der Waals surface area contributed by atoms with E-state index in [2.05, 4.69) is 29.2 Å². The van der Waals surface area contributed by atoms with Crippen molar-refractivity contribution in [3.8, 4) is 0 Å². The summed E-state index contributed by atoms with van der Waals surface area (Å²) in [6.07, 6.45) is 5.08. The molecule has 0 bridgehead atoms. The van der Waals surface area contributed by atoms with Gasteiger partial charge in [-0.25, -0.2) is 0 Å². The summed E-state index contributed by atoms with van der Waals surface area (Å²) in [7, 11) is 0. The van der Waals surface area contributed by atoms with E-state index in [4.69, 9.17) is 5.73 Å². The molecule has 0 aromatic heterocycles. The number of rotatable bonds is 2. The number of carbonyl (C=O) groups is 1. The van der Waals surface area contributed by atoms with E-state index < -0.39 is 0 Å². The molecule has 1 spiro atoms. The van der Waals surface area contributed by atoms with Gasteiger partial charge in [-0.05, 0) is 43.2 Å². The van der Waals surface area contributed by atoms with Crippen LogP contribution in [0.4, 0.5) is 5.69 Å². The number of carbonyl (C=O) groups excluding carboxylic acids is 1. The fourth-order valence-electron chi connectivity index (χ4n) is 3.44. The van der Waals surface area contributed by atoms with Gasteiger partial charge in [0.1, 0.15) is 6.04 Å². The van der Waals surface area contributed by atoms with Gasteiger partial charge in [-0.2, -0.15) is 0 Å². The van der Waals surface area contributed by atoms with Crippen molar-refractivity contribution in [2.24, 2.45) is 5.73 Å². The minimum atomic E-state index is -0.241. The first kappa shape index (κ1) is 11.6. The molecule has 1 saturated carbocycles. The third-order valence-electron chi connectivity index (χ3n) is 4.81. The summed E-state index contributed by atoms with van der Waals surface area (Å²) in [4.78, 5) is 13.6. The Labute approximate surface area is 108 Å². The smallest absolute Gasteiger partial charge is 0.239 e. The van der Waals surface area contributed by atoms with Crippen molar-refractivity contribution in [3.63, 3.8) is 0 Å². The van der Waals surface area contributed by atoms with E-state index in [1.807, 2.05) is 6.92 Å². The Balaban J connectivity index is 2.02. The van der Waals surface area contributed by atoms with Crippen LogP contribution in [0.2, 0.25) is 0 Å². The van der Waals surface area contributed by atoms with Crippen LogP contribution in [0.5, 0.6) is 0 Å². The summed E-state index contributed by atoms with van der Waals surface area (Å²) in [6.45, 7) is 2.85. The van der Waals surface area contributed by atoms with Gasteiger partial charge in [0.25, 0.3) is 0 Å². The van der Waals surface area contributed by atoms with E-state index in [9.17, 15) is 4.79 Å². The molecule has 1 aliphatic heterocycles. The van der Waals surface area contributed by atoms with Crippen LogP contribution in [-0.4, -0.2) is 18.5 Å². The largest absolute Gasteiger partial charge is 0.368 e. The van der Waals surface area contributed by atoms with E-state index in [1.54, 1.807) is 0 Å². The summed E-state index contributed by atoms with van der Waals surface area (Å²) < 4.78 is 0. The maximum atomic E-state index is 11.4. The molecule has 1 fully saturated rings. The zero-order valence-electron chi connectivity index (χ0n) is 10.9. The molecule has 3 rings (SSSR count). The monoisotopic (exact) mass is 244 g/mol. The number of anilines is 1. The highest BCUT2D eigenvalue weighted by Crippen LogP contribution is 2.52. The van der Waals surface area contributed by atoms with Gasteiger partial charge in [0.15, 0.2) is 0 Å². The molecule has 1 aliphatic carbocycles. The molecule has 0 saturated heterocycles. The van der Waals surface area contributed by atoms with Gasteiger partial charge in [-0.3, -0.25) is 4.79 Å². The van der Waals surface area contributed by atoms with E-state index in [0.717, 1.165) is 13.0 Å². The fourth-order valence-corrected chi connectivity index (χ4v) is 3.44. The van der Waals surface area contributed by atoms with Crippen LogP contribution in [0.1, 0.15) is 38.2 Å². The topological polar surface area (TPSA) is 46.3 Å². The number of benzene rings is 1. The zero-order chi connectivity index (χ0) is 12.8. The van der Waals surface area contributed by atoms with Gasteiger partial charge in [-0.15, -0.1) is 0 Å². The zero-order valence-corrected chi connectivity index (χ0v) is 10.9.